The van der Waals surface area contributed by atoms with Crippen LogP contribution in [0.5, 0.6) is 0 Å². The van der Waals surface area contributed by atoms with Gasteiger partial charge in [0.15, 0.2) is 0 Å². The van der Waals surface area contributed by atoms with Crippen LogP contribution in [0.2, 0.25) is 0 Å². The van der Waals surface area contributed by atoms with E-state index in [0.29, 0.717) is 24.1 Å². The van der Waals surface area contributed by atoms with E-state index in [1.807, 2.05) is 28.1 Å². The van der Waals surface area contributed by atoms with Crippen LogP contribution in [0.25, 0.3) is 0 Å². The van der Waals surface area contributed by atoms with Crippen LogP contribution in [-0.4, -0.2) is 70.7 Å². The molecule has 43 heavy (non-hydrogen) atoms. The molecule has 0 aromatic rings. The Bertz CT molecular complexity index is 672. The fourth-order valence-electron chi connectivity index (χ4n) is 4.82. The summed E-state index contributed by atoms with van der Waals surface area (Å²) in [6.45, 7) is 5.18. The summed E-state index contributed by atoms with van der Waals surface area (Å²) >= 11 is 0. The van der Waals surface area contributed by atoms with Gasteiger partial charge >= 0.3 is 5.97 Å². The van der Waals surface area contributed by atoms with Crippen LogP contribution in [0.15, 0.2) is 0 Å². The molecule has 0 amide bonds. The summed E-state index contributed by atoms with van der Waals surface area (Å²) in [6.07, 6.45) is 26.5. The molecule has 9 heteroatoms. The Morgan fingerprint density at radius 3 is 1.51 bits per heavy atom. The number of esters is 1. The SMILES string of the molecule is CCCCCCCCCCCCCCCCCCCCCOCC(COP(=O)([O-])OCC[N+](C)(C)C)OC(=O)CCCC. The largest absolute Gasteiger partial charge is 0.756 e. The summed E-state index contributed by atoms with van der Waals surface area (Å²) in [4.78, 5) is 24.3. The minimum Gasteiger partial charge on any atom is -0.756 e. The van der Waals surface area contributed by atoms with Gasteiger partial charge in [-0.3, -0.25) is 9.36 Å². The van der Waals surface area contributed by atoms with Crippen molar-refractivity contribution < 1.29 is 37.3 Å². The molecule has 0 rings (SSSR count). The van der Waals surface area contributed by atoms with Crippen molar-refractivity contribution in [1.82, 2.24) is 0 Å². The molecule has 0 aromatic heterocycles. The molecule has 258 valence electrons. The molecule has 0 aliphatic heterocycles. The van der Waals surface area contributed by atoms with E-state index < -0.39 is 13.9 Å². The van der Waals surface area contributed by atoms with Crippen LogP contribution in [0.4, 0.5) is 0 Å². The van der Waals surface area contributed by atoms with Gasteiger partial charge in [0.2, 0.25) is 0 Å². The summed E-state index contributed by atoms with van der Waals surface area (Å²) in [7, 11) is 1.36. The first kappa shape index (κ1) is 42.5. The van der Waals surface area contributed by atoms with Gasteiger partial charge in [0.1, 0.15) is 19.3 Å². The number of ether oxygens (including phenoxy) is 2. The van der Waals surface area contributed by atoms with E-state index in [1.54, 1.807) is 0 Å². The normalized spacial score (nSPS) is 14.1. The third kappa shape index (κ3) is 32.7. The van der Waals surface area contributed by atoms with Crippen molar-refractivity contribution in [3.63, 3.8) is 0 Å². The highest BCUT2D eigenvalue weighted by molar-refractivity contribution is 7.45. The fourth-order valence-corrected chi connectivity index (χ4v) is 5.55. The van der Waals surface area contributed by atoms with Crippen LogP contribution < -0.4 is 4.89 Å². The second-order valence-electron chi connectivity index (χ2n) is 13.2. The summed E-state index contributed by atoms with van der Waals surface area (Å²) in [5.41, 5.74) is 0. The Kier molecular flexibility index (Phi) is 28.6. The van der Waals surface area contributed by atoms with E-state index in [2.05, 4.69) is 6.92 Å². The molecular formula is C34H70NO7P. The highest BCUT2D eigenvalue weighted by atomic mass is 31.2. The highest BCUT2D eigenvalue weighted by Crippen LogP contribution is 2.38. The zero-order valence-electron chi connectivity index (χ0n) is 28.9. The fraction of sp³-hybridized carbons (Fsp3) is 0.971. The number of carbonyl (C=O) groups is 1. The van der Waals surface area contributed by atoms with Crippen molar-refractivity contribution in [3.05, 3.63) is 0 Å². The van der Waals surface area contributed by atoms with Gasteiger partial charge in [-0.1, -0.05) is 136 Å². The number of phosphoric ester groups is 1. The number of hydrogen-bond acceptors (Lipinski definition) is 7. The smallest absolute Gasteiger partial charge is 0.306 e. The van der Waals surface area contributed by atoms with Crippen LogP contribution in [0, 0.1) is 0 Å². The van der Waals surface area contributed by atoms with Crippen molar-refractivity contribution in [2.75, 3.05) is 54.1 Å². The number of phosphoric acid groups is 1. The van der Waals surface area contributed by atoms with Gasteiger partial charge in [0, 0.05) is 13.0 Å². The van der Waals surface area contributed by atoms with E-state index in [-0.39, 0.29) is 25.8 Å². The molecule has 0 saturated heterocycles. The number of nitrogens with zero attached hydrogens (tertiary/aromatic N) is 1. The lowest BCUT2D eigenvalue weighted by Crippen LogP contribution is -2.37. The summed E-state index contributed by atoms with van der Waals surface area (Å²) in [6, 6.07) is 0. The first-order chi connectivity index (χ1) is 20.6. The number of unbranched alkanes of at least 4 members (excludes halogenated alkanes) is 19. The summed E-state index contributed by atoms with van der Waals surface area (Å²) in [5.74, 6) is -0.366. The van der Waals surface area contributed by atoms with Crippen molar-refractivity contribution >= 4 is 13.8 Å². The molecule has 0 aliphatic rings. The molecule has 2 atom stereocenters. The monoisotopic (exact) mass is 635 g/mol. The average molecular weight is 636 g/mol. The van der Waals surface area contributed by atoms with E-state index >= 15 is 0 Å². The molecule has 0 heterocycles. The van der Waals surface area contributed by atoms with Gasteiger partial charge in [0.25, 0.3) is 7.82 Å². The molecule has 0 aliphatic carbocycles. The van der Waals surface area contributed by atoms with E-state index in [0.717, 1.165) is 25.7 Å². The summed E-state index contributed by atoms with van der Waals surface area (Å²) < 4.78 is 33.9. The maximum absolute atomic E-state index is 12.1. The molecule has 0 spiro atoms. The third-order valence-corrected chi connectivity index (χ3v) is 8.62. The molecule has 0 radical (unpaired) electrons. The number of hydrogen-bond donors (Lipinski definition) is 0. The van der Waals surface area contributed by atoms with Crippen LogP contribution in [-0.2, 0) is 27.9 Å². The number of quaternary nitrogens is 1. The molecule has 8 nitrogen and oxygen atoms in total. The van der Waals surface area contributed by atoms with Gasteiger partial charge in [-0.25, -0.2) is 0 Å². The standard InChI is InChI=1S/C34H70NO7P/c1-6-8-10-11-12-13-14-15-16-17-18-19-20-21-22-23-24-25-26-29-39-31-33(42-34(36)27-9-7-2)32-41-43(37,38)40-30-28-35(3,4)5/h33H,6-32H2,1-5H3. The number of rotatable bonds is 33. The first-order valence-corrected chi connectivity index (χ1v) is 19.2. The quantitative estimate of drug-likeness (QED) is 0.0308. The molecule has 0 N–H and O–H groups in total. The molecule has 0 aromatic carbocycles. The zero-order valence-corrected chi connectivity index (χ0v) is 29.8. The Morgan fingerprint density at radius 1 is 0.628 bits per heavy atom. The molecule has 2 unspecified atom stereocenters. The van der Waals surface area contributed by atoms with Crippen LogP contribution in [0.3, 0.4) is 0 Å². The maximum Gasteiger partial charge on any atom is 0.306 e. The van der Waals surface area contributed by atoms with E-state index in [9.17, 15) is 14.3 Å². The van der Waals surface area contributed by atoms with Crippen molar-refractivity contribution in [2.45, 2.75) is 161 Å². The lowest BCUT2D eigenvalue weighted by atomic mass is 10.0. The van der Waals surface area contributed by atoms with Crippen molar-refractivity contribution in [3.8, 4) is 0 Å². The van der Waals surface area contributed by atoms with Crippen LogP contribution >= 0.6 is 7.82 Å². The second-order valence-corrected chi connectivity index (χ2v) is 14.7. The van der Waals surface area contributed by atoms with Gasteiger partial charge in [0.05, 0.1) is 34.4 Å². The molecule has 0 bridgehead atoms. The Hall–Kier alpha value is -0.500. The Labute approximate surface area is 266 Å². The number of carbonyl (C=O) groups excluding carboxylic acids is 1. The first-order valence-electron chi connectivity index (χ1n) is 17.8. The van der Waals surface area contributed by atoms with Gasteiger partial charge in [-0.2, -0.15) is 0 Å². The van der Waals surface area contributed by atoms with Gasteiger partial charge in [-0.05, 0) is 12.8 Å². The van der Waals surface area contributed by atoms with Crippen molar-refractivity contribution in [1.29, 1.82) is 0 Å². The van der Waals surface area contributed by atoms with Crippen molar-refractivity contribution in [2.24, 2.45) is 0 Å². The number of likely N-dealkylation sites (N-methyl/N-ethyl adjacent to an activating group) is 1. The Balaban J connectivity index is 3.85. The molecule has 0 saturated carbocycles. The molecular weight excluding hydrogens is 565 g/mol. The zero-order chi connectivity index (χ0) is 32.1. The maximum atomic E-state index is 12.1. The topological polar surface area (TPSA) is 94.1 Å². The van der Waals surface area contributed by atoms with Gasteiger partial charge < -0.3 is 27.9 Å². The molecule has 0 fully saturated rings. The minimum absolute atomic E-state index is 0.0289. The Morgan fingerprint density at radius 2 is 1.07 bits per heavy atom. The lowest BCUT2D eigenvalue weighted by Gasteiger charge is -2.28. The second kappa shape index (κ2) is 28.9. The average Bonchev–Trinajstić information content (AvgIpc) is 2.94. The predicted octanol–water partition coefficient (Wildman–Crippen LogP) is 8.74. The predicted molar refractivity (Wildman–Crippen MR) is 176 cm³/mol. The van der Waals surface area contributed by atoms with E-state index in [1.165, 1.54) is 109 Å². The summed E-state index contributed by atoms with van der Waals surface area (Å²) in [5, 5.41) is 0. The van der Waals surface area contributed by atoms with Crippen LogP contribution in [0.1, 0.15) is 155 Å². The lowest BCUT2D eigenvalue weighted by molar-refractivity contribution is -0.870. The highest BCUT2D eigenvalue weighted by Gasteiger charge is 2.20. The minimum atomic E-state index is -4.49. The van der Waals surface area contributed by atoms with Gasteiger partial charge in [-0.15, -0.1) is 0 Å². The van der Waals surface area contributed by atoms with E-state index in [4.69, 9.17) is 18.5 Å². The third-order valence-electron chi connectivity index (χ3n) is 7.66.